The molecule has 1 saturated heterocycles. The van der Waals surface area contributed by atoms with Crippen molar-refractivity contribution < 1.29 is 14.7 Å². The zero-order chi connectivity index (χ0) is 27.9. The van der Waals surface area contributed by atoms with Crippen LogP contribution in [0, 0.1) is 34.5 Å². The van der Waals surface area contributed by atoms with Crippen molar-refractivity contribution >= 4 is 11.8 Å². The predicted molar refractivity (Wildman–Crippen MR) is 157 cm³/mol. The Morgan fingerprint density at radius 1 is 0.900 bits per heavy atom. The van der Waals surface area contributed by atoms with Crippen molar-refractivity contribution in [2.45, 2.75) is 83.7 Å². The highest BCUT2D eigenvalue weighted by Crippen LogP contribution is 2.66. The number of likely N-dealkylation sites (tertiary alicyclic amines) is 1. The van der Waals surface area contributed by atoms with Crippen LogP contribution in [0.3, 0.4) is 0 Å². The number of fused-ring (bicyclic) bond motifs is 5. The Morgan fingerprint density at radius 2 is 1.55 bits per heavy atom. The second kappa shape index (κ2) is 11.0. The molecule has 5 heteroatoms. The van der Waals surface area contributed by atoms with E-state index in [1.807, 2.05) is 36.4 Å². The molecule has 3 saturated carbocycles. The summed E-state index contributed by atoms with van der Waals surface area (Å²) >= 11 is 0. The van der Waals surface area contributed by atoms with Crippen LogP contribution in [0.2, 0.25) is 0 Å². The molecule has 3 aliphatic carbocycles. The van der Waals surface area contributed by atoms with Gasteiger partial charge in [-0.05, 0) is 91.1 Å². The molecule has 1 heterocycles. The Hall–Kier alpha value is -2.66. The fraction of sp³-hybridized carbons (Fsp3) is 0.600. The van der Waals surface area contributed by atoms with E-state index in [9.17, 15) is 14.7 Å². The summed E-state index contributed by atoms with van der Waals surface area (Å²) in [5.41, 5.74) is 2.40. The van der Waals surface area contributed by atoms with Crippen LogP contribution in [0.1, 0.15) is 88.8 Å². The zero-order valence-corrected chi connectivity index (χ0v) is 24.2. The number of rotatable bonds is 7. The van der Waals surface area contributed by atoms with Gasteiger partial charge in [-0.15, -0.1) is 0 Å². The molecule has 1 aliphatic heterocycles. The van der Waals surface area contributed by atoms with Gasteiger partial charge in [-0.1, -0.05) is 74.5 Å². The molecule has 2 amide bonds. The average Bonchev–Trinajstić information content (AvgIpc) is 3.34. The minimum atomic E-state index is -0.145. The third-order valence-electron chi connectivity index (χ3n) is 11.8. The van der Waals surface area contributed by atoms with Gasteiger partial charge in [0.15, 0.2) is 0 Å². The smallest absolute Gasteiger partial charge is 0.224 e. The molecule has 40 heavy (non-hydrogen) atoms. The summed E-state index contributed by atoms with van der Waals surface area (Å²) in [6.45, 7) is 5.69. The molecule has 7 atom stereocenters. The number of benzene rings is 2. The molecule has 2 N–H and O–H groups in total. The van der Waals surface area contributed by atoms with Crippen LogP contribution < -0.4 is 5.32 Å². The number of hydrogen-bond acceptors (Lipinski definition) is 3. The van der Waals surface area contributed by atoms with Crippen molar-refractivity contribution in [3.05, 3.63) is 71.8 Å². The maximum atomic E-state index is 14.1. The Labute approximate surface area is 239 Å². The maximum Gasteiger partial charge on any atom is 0.224 e. The molecule has 2 aromatic rings. The number of hydrogen-bond donors (Lipinski definition) is 2. The summed E-state index contributed by atoms with van der Waals surface area (Å²) in [4.78, 5) is 29.1. The first-order valence-electron chi connectivity index (χ1n) is 15.7. The molecule has 0 bridgehead atoms. The van der Waals surface area contributed by atoms with Gasteiger partial charge in [0.25, 0.3) is 0 Å². The topological polar surface area (TPSA) is 69.6 Å². The number of aliphatic hydroxyl groups excluding tert-OH is 1. The monoisotopic (exact) mass is 542 g/mol. The Balaban J connectivity index is 1.21. The van der Waals surface area contributed by atoms with Crippen molar-refractivity contribution in [1.82, 2.24) is 10.2 Å². The van der Waals surface area contributed by atoms with Crippen LogP contribution in [-0.2, 0) is 9.59 Å². The van der Waals surface area contributed by atoms with Gasteiger partial charge in [-0.25, -0.2) is 0 Å². The van der Waals surface area contributed by atoms with E-state index in [2.05, 4.69) is 48.3 Å². The van der Waals surface area contributed by atoms with Gasteiger partial charge >= 0.3 is 0 Å². The lowest BCUT2D eigenvalue weighted by Gasteiger charge is -2.62. The van der Waals surface area contributed by atoms with E-state index >= 15 is 0 Å². The number of amides is 2. The van der Waals surface area contributed by atoms with Crippen LogP contribution in [0.15, 0.2) is 60.7 Å². The summed E-state index contributed by atoms with van der Waals surface area (Å²) in [5, 5.41) is 12.9. The number of carbonyl (C=O) groups is 2. The standard InChI is InChI=1S/C35H46N2O3/c1-34-20-18-28-26(14-17-30-35(28,2)21-19-31(39)37(30)22-9-23-38)27(34)15-16-29(34)33(40)36-32(24-10-5-3-6-11-24)25-12-7-4-8-13-25/h3-8,10-13,26-30,32,38H,9,14-23H2,1-2H3,(H,36,40)/t26-,27-,28+,29?,30?,34-,35+/m0/s1. The molecule has 0 aromatic heterocycles. The maximum absolute atomic E-state index is 14.1. The van der Waals surface area contributed by atoms with Crippen molar-refractivity contribution in [3.63, 3.8) is 0 Å². The Bertz CT molecular complexity index is 1160. The lowest BCUT2D eigenvalue weighted by Crippen LogP contribution is -2.62. The summed E-state index contributed by atoms with van der Waals surface area (Å²) < 4.78 is 0. The van der Waals surface area contributed by atoms with E-state index in [1.54, 1.807) is 0 Å². The molecule has 4 fully saturated rings. The van der Waals surface area contributed by atoms with Crippen molar-refractivity contribution in [2.75, 3.05) is 13.2 Å². The van der Waals surface area contributed by atoms with E-state index in [0.29, 0.717) is 43.2 Å². The minimum Gasteiger partial charge on any atom is -0.396 e. The number of aliphatic hydroxyl groups is 1. The molecule has 5 nitrogen and oxygen atoms in total. The highest BCUT2D eigenvalue weighted by atomic mass is 16.3. The van der Waals surface area contributed by atoms with Gasteiger partial charge in [-0.3, -0.25) is 9.59 Å². The molecule has 0 spiro atoms. The van der Waals surface area contributed by atoms with Gasteiger partial charge < -0.3 is 15.3 Å². The molecule has 6 rings (SSSR count). The fourth-order valence-corrected chi connectivity index (χ4v) is 9.84. The van der Waals surface area contributed by atoms with Gasteiger partial charge in [0, 0.05) is 31.5 Å². The van der Waals surface area contributed by atoms with Crippen LogP contribution in [0.5, 0.6) is 0 Å². The Kier molecular flexibility index (Phi) is 7.54. The zero-order valence-electron chi connectivity index (χ0n) is 24.2. The normalized spacial score (nSPS) is 35.1. The first-order valence-corrected chi connectivity index (χ1v) is 15.7. The largest absolute Gasteiger partial charge is 0.396 e. The van der Waals surface area contributed by atoms with Gasteiger partial charge in [-0.2, -0.15) is 0 Å². The second-order valence-corrected chi connectivity index (χ2v) is 13.6. The third kappa shape index (κ3) is 4.58. The third-order valence-corrected chi connectivity index (χ3v) is 11.8. The van der Waals surface area contributed by atoms with Crippen LogP contribution >= 0.6 is 0 Å². The summed E-state index contributed by atoms with van der Waals surface area (Å²) in [6, 6.07) is 20.8. The van der Waals surface area contributed by atoms with Gasteiger partial charge in [0.1, 0.15) is 0 Å². The second-order valence-electron chi connectivity index (χ2n) is 13.6. The highest BCUT2D eigenvalue weighted by Gasteiger charge is 2.62. The molecule has 2 aromatic carbocycles. The molecule has 2 unspecified atom stereocenters. The molecular weight excluding hydrogens is 496 g/mol. The SMILES string of the molecule is C[C@]12CCC(=O)N(CCCO)C1CC[C@@H]1[C@H]2CC[C@]2(C)C(C(=O)NC(c3ccccc3)c3ccccc3)CC[C@@H]12. The molecule has 4 aliphatic rings. The molecule has 0 radical (unpaired) electrons. The van der Waals surface area contributed by atoms with Gasteiger partial charge in [0.2, 0.25) is 11.8 Å². The number of nitrogens with zero attached hydrogens (tertiary/aromatic N) is 1. The van der Waals surface area contributed by atoms with Crippen LogP contribution in [0.25, 0.3) is 0 Å². The molecule has 214 valence electrons. The lowest BCUT2D eigenvalue weighted by atomic mass is 9.46. The number of nitrogens with one attached hydrogen (secondary N) is 1. The quantitative estimate of drug-likeness (QED) is 0.443. The summed E-state index contributed by atoms with van der Waals surface area (Å²) in [5.74, 6) is 2.32. The highest BCUT2D eigenvalue weighted by molar-refractivity contribution is 5.81. The van der Waals surface area contributed by atoms with Crippen molar-refractivity contribution in [1.29, 1.82) is 0 Å². The van der Waals surface area contributed by atoms with Crippen molar-refractivity contribution in [3.8, 4) is 0 Å². The average molecular weight is 543 g/mol. The summed E-state index contributed by atoms with van der Waals surface area (Å²) in [6.07, 6.45) is 8.82. The van der Waals surface area contributed by atoms with E-state index in [-0.39, 0.29) is 41.2 Å². The lowest BCUT2D eigenvalue weighted by molar-refractivity contribution is -0.163. The predicted octanol–water partition coefficient (Wildman–Crippen LogP) is 6.12. The van der Waals surface area contributed by atoms with E-state index in [4.69, 9.17) is 0 Å². The van der Waals surface area contributed by atoms with E-state index in [1.165, 1.54) is 0 Å². The van der Waals surface area contributed by atoms with Crippen molar-refractivity contribution in [2.24, 2.45) is 34.5 Å². The first-order chi connectivity index (χ1) is 19.4. The van der Waals surface area contributed by atoms with E-state index in [0.717, 1.165) is 56.1 Å². The molecular formula is C35H46N2O3. The summed E-state index contributed by atoms with van der Waals surface area (Å²) in [7, 11) is 0. The minimum absolute atomic E-state index is 0.0213. The Morgan fingerprint density at radius 3 is 2.20 bits per heavy atom. The van der Waals surface area contributed by atoms with Crippen LogP contribution in [0.4, 0.5) is 0 Å². The number of carbonyl (C=O) groups excluding carboxylic acids is 2. The fourth-order valence-electron chi connectivity index (χ4n) is 9.84. The van der Waals surface area contributed by atoms with Gasteiger partial charge in [0.05, 0.1) is 6.04 Å². The number of piperidine rings is 1. The van der Waals surface area contributed by atoms with E-state index < -0.39 is 0 Å². The van der Waals surface area contributed by atoms with Crippen LogP contribution in [-0.4, -0.2) is 41.0 Å². The first kappa shape index (κ1) is 27.5.